The lowest BCUT2D eigenvalue weighted by molar-refractivity contribution is 0.286. The van der Waals surface area contributed by atoms with Crippen molar-refractivity contribution in [1.29, 1.82) is 0 Å². The fraction of sp³-hybridized carbons (Fsp3) is 0.0182. The van der Waals surface area contributed by atoms with Gasteiger partial charge in [-0.2, -0.15) is 0 Å². The van der Waals surface area contributed by atoms with Crippen LogP contribution in [0.2, 0.25) is 0 Å². The van der Waals surface area contributed by atoms with Gasteiger partial charge in [0.1, 0.15) is 7.11 Å². The maximum absolute atomic E-state index is 9.08. The minimum atomic E-state index is -3.56. The Hall–Kier alpha value is -6.19. The molecule has 0 amide bonds. The SMILES string of the molecule is c1ccc(C2O[Si](c3ccccc3)(c3ccccc3)[Si](c3ccccc3)(c3ccccc3)[Si](c3ccccc3)(c3ccccc3)[Si]2(c2ccccc2)c2ccccc2)cc1. The molecule has 1 fully saturated rings. The molecule has 1 heterocycles. The van der Waals surface area contributed by atoms with E-state index in [4.69, 9.17) is 4.43 Å². The molecule has 1 aliphatic rings. The van der Waals surface area contributed by atoms with Crippen molar-refractivity contribution in [3.63, 3.8) is 0 Å². The van der Waals surface area contributed by atoms with Crippen LogP contribution < -0.4 is 41.5 Å². The molecule has 0 N–H and O–H groups in total. The first-order valence-electron chi connectivity index (χ1n) is 21.0. The van der Waals surface area contributed by atoms with Gasteiger partial charge in [-0.1, -0.05) is 304 Å². The zero-order valence-electron chi connectivity index (χ0n) is 33.5. The maximum Gasteiger partial charge on any atom is 0.249 e. The summed E-state index contributed by atoms with van der Waals surface area (Å²) in [7, 11) is -14.0. The summed E-state index contributed by atoms with van der Waals surface area (Å²) in [5, 5.41) is 11.3. The molecule has 1 unspecified atom stereocenters. The van der Waals surface area contributed by atoms with E-state index < -0.39 is 29.6 Å². The van der Waals surface area contributed by atoms with E-state index in [2.05, 4.69) is 273 Å². The summed E-state index contributed by atoms with van der Waals surface area (Å²) in [6.07, 6.45) is 0. The maximum atomic E-state index is 9.08. The lowest BCUT2D eigenvalue weighted by Crippen LogP contribution is -3.11. The predicted molar refractivity (Wildman–Crippen MR) is 262 cm³/mol. The molecular formula is C55H46OSi4. The molecule has 1 atom stereocenters. The van der Waals surface area contributed by atoms with E-state index in [1.807, 2.05) is 0 Å². The summed E-state index contributed by atoms with van der Waals surface area (Å²) in [5.41, 5.74) is 0.976. The first-order chi connectivity index (χ1) is 29.8. The van der Waals surface area contributed by atoms with Crippen LogP contribution in [0.3, 0.4) is 0 Å². The van der Waals surface area contributed by atoms with Crippen LogP contribution in [0, 0.1) is 0 Å². The van der Waals surface area contributed by atoms with Crippen LogP contribution in [0.25, 0.3) is 0 Å². The van der Waals surface area contributed by atoms with Gasteiger partial charge < -0.3 is 4.43 Å². The third-order valence-electron chi connectivity index (χ3n) is 13.1. The molecule has 0 bridgehead atoms. The molecule has 9 aromatic carbocycles. The first kappa shape index (κ1) is 38.0. The molecule has 0 radical (unpaired) electrons. The second kappa shape index (κ2) is 16.1. The molecule has 9 aromatic rings. The Kier molecular flexibility index (Phi) is 10.2. The lowest BCUT2D eigenvalue weighted by atomic mass is 10.2. The van der Waals surface area contributed by atoms with Gasteiger partial charge in [0.2, 0.25) is 7.83 Å². The standard InChI is InChI=1S/C55H46OSi4/c1-10-28-46(29-11-1)55-56-58(49-34-16-4-17-35-49,50-36-18-5-19-37-50)60(53-42-24-8-25-43-53,54-44-26-9-27-45-54)59(51-38-20-6-21-39-51,52-40-22-7-23-41-52)57(55,47-30-12-2-13-31-47)48-32-14-3-15-33-48/h1-45,55H. The van der Waals surface area contributed by atoms with Crippen molar-refractivity contribution in [2.75, 3.05) is 0 Å². The van der Waals surface area contributed by atoms with E-state index in [-0.39, 0.29) is 5.73 Å². The van der Waals surface area contributed by atoms with Gasteiger partial charge in [-0.25, -0.2) is 0 Å². The fourth-order valence-corrected chi connectivity index (χ4v) is 88.9. The van der Waals surface area contributed by atoms with Crippen molar-refractivity contribution < 1.29 is 4.43 Å². The highest BCUT2D eigenvalue weighted by Crippen LogP contribution is 2.48. The molecule has 10 rings (SSSR count). The Morgan fingerprint density at radius 2 is 0.467 bits per heavy atom. The normalized spacial score (nSPS) is 17.3. The summed E-state index contributed by atoms with van der Waals surface area (Å²) < 4.78 is 9.08. The van der Waals surface area contributed by atoms with Crippen LogP contribution in [-0.4, -0.2) is 29.6 Å². The number of rotatable bonds is 9. The van der Waals surface area contributed by atoms with Crippen molar-refractivity contribution in [3.8, 4) is 0 Å². The molecule has 0 spiro atoms. The van der Waals surface area contributed by atoms with E-state index in [9.17, 15) is 0 Å². The van der Waals surface area contributed by atoms with E-state index in [1.165, 1.54) is 47.1 Å². The summed E-state index contributed by atoms with van der Waals surface area (Å²) in [5.74, 6) is 0. The van der Waals surface area contributed by atoms with Gasteiger partial charge in [0.15, 0.2) is 14.7 Å². The van der Waals surface area contributed by atoms with Crippen LogP contribution in [-0.2, 0) is 4.43 Å². The topological polar surface area (TPSA) is 9.23 Å². The molecule has 1 saturated heterocycles. The van der Waals surface area contributed by atoms with Crippen LogP contribution >= 0.6 is 0 Å². The second-order valence-electron chi connectivity index (χ2n) is 15.8. The molecule has 1 aliphatic heterocycles. The highest BCUT2D eigenvalue weighted by atomic mass is 29.8. The molecule has 0 saturated carbocycles. The van der Waals surface area contributed by atoms with Crippen molar-refractivity contribution in [2.24, 2.45) is 0 Å². The summed E-state index contributed by atoms with van der Waals surface area (Å²) in [4.78, 5) is 0. The van der Waals surface area contributed by atoms with Gasteiger partial charge in [-0.15, -0.1) is 0 Å². The minimum absolute atomic E-state index is 0.268. The zero-order chi connectivity index (χ0) is 40.3. The average Bonchev–Trinajstić information content (AvgIpc) is 3.35. The third-order valence-corrected chi connectivity index (χ3v) is 65.5. The van der Waals surface area contributed by atoms with Crippen LogP contribution in [0.5, 0.6) is 0 Å². The van der Waals surface area contributed by atoms with Crippen LogP contribution in [0.1, 0.15) is 11.3 Å². The third kappa shape index (κ3) is 5.51. The molecule has 60 heavy (non-hydrogen) atoms. The van der Waals surface area contributed by atoms with Crippen molar-refractivity contribution in [1.82, 2.24) is 0 Å². The van der Waals surface area contributed by atoms with Gasteiger partial charge in [0, 0.05) is 0 Å². The van der Waals surface area contributed by atoms with Gasteiger partial charge in [-0.3, -0.25) is 0 Å². The average molecular weight is 835 g/mol. The Morgan fingerprint density at radius 1 is 0.233 bits per heavy atom. The van der Waals surface area contributed by atoms with Crippen LogP contribution in [0.15, 0.2) is 273 Å². The number of hydrogen-bond donors (Lipinski definition) is 0. The quantitative estimate of drug-likeness (QED) is 0.142. The van der Waals surface area contributed by atoms with Gasteiger partial charge >= 0.3 is 0 Å². The number of hydrogen-bond acceptors (Lipinski definition) is 1. The molecule has 288 valence electrons. The summed E-state index contributed by atoms with van der Waals surface area (Å²) >= 11 is 0. The van der Waals surface area contributed by atoms with Crippen molar-refractivity contribution in [2.45, 2.75) is 5.73 Å². The highest BCUT2D eigenvalue weighted by Gasteiger charge is 2.84. The predicted octanol–water partition coefficient (Wildman–Crippen LogP) is 7.08. The summed E-state index contributed by atoms with van der Waals surface area (Å²) in [6, 6.07) is 105. The Morgan fingerprint density at radius 3 is 0.767 bits per heavy atom. The van der Waals surface area contributed by atoms with Crippen molar-refractivity contribution >= 4 is 71.1 Å². The summed E-state index contributed by atoms with van der Waals surface area (Å²) in [6.45, 7) is 0. The van der Waals surface area contributed by atoms with E-state index in [0.717, 1.165) is 0 Å². The highest BCUT2D eigenvalue weighted by molar-refractivity contribution is 7.99. The molecule has 1 nitrogen and oxygen atoms in total. The smallest absolute Gasteiger partial charge is 0.249 e. The number of benzene rings is 9. The largest absolute Gasteiger partial charge is 0.405 e. The fourth-order valence-electron chi connectivity index (χ4n) is 11.3. The monoisotopic (exact) mass is 834 g/mol. The van der Waals surface area contributed by atoms with Crippen molar-refractivity contribution in [3.05, 3.63) is 279 Å². The Bertz CT molecular complexity index is 2600. The van der Waals surface area contributed by atoms with Gasteiger partial charge in [0.05, 0.1) is 5.73 Å². The first-order valence-corrected chi connectivity index (χ1v) is 31.9. The minimum Gasteiger partial charge on any atom is -0.405 e. The molecule has 5 heteroatoms. The van der Waals surface area contributed by atoms with E-state index in [0.29, 0.717) is 0 Å². The Balaban J connectivity index is 1.62. The Labute approximate surface area is 357 Å². The second-order valence-corrected chi connectivity index (χ2v) is 43.7. The van der Waals surface area contributed by atoms with E-state index in [1.54, 1.807) is 0 Å². The molecule has 0 aromatic heterocycles. The lowest BCUT2D eigenvalue weighted by Gasteiger charge is -2.69. The zero-order valence-corrected chi connectivity index (χ0v) is 37.5. The molecular weight excluding hydrogens is 789 g/mol. The van der Waals surface area contributed by atoms with E-state index >= 15 is 0 Å². The molecule has 0 aliphatic carbocycles. The van der Waals surface area contributed by atoms with Gasteiger partial charge in [-0.05, 0) is 15.9 Å². The van der Waals surface area contributed by atoms with Gasteiger partial charge in [0.25, 0.3) is 0 Å². The van der Waals surface area contributed by atoms with Crippen LogP contribution in [0.4, 0.5) is 0 Å².